The molecule has 0 saturated carbocycles. The number of pyridine rings is 1. The third-order valence-electron chi connectivity index (χ3n) is 7.42. The van der Waals surface area contributed by atoms with Gasteiger partial charge in [-0.25, -0.2) is 4.98 Å². The van der Waals surface area contributed by atoms with E-state index in [2.05, 4.69) is 38.6 Å². The van der Waals surface area contributed by atoms with E-state index in [-0.39, 0.29) is 16.4 Å². The molecule has 4 aliphatic rings. The second-order valence-electron chi connectivity index (χ2n) is 11.3. The maximum Gasteiger partial charge on any atom is 0.416 e. The molecule has 2 fully saturated rings. The number of ether oxygens (including phenoxy) is 1. The van der Waals surface area contributed by atoms with Gasteiger partial charge < -0.3 is 19.4 Å². The molecule has 250 valence electrons. The van der Waals surface area contributed by atoms with E-state index in [0.29, 0.717) is 48.1 Å². The minimum atomic E-state index is -4.49. The Bertz CT molecular complexity index is 1600. The van der Waals surface area contributed by atoms with Crippen molar-refractivity contribution >= 4 is 69.2 Å². The lowest BCUT2D eigenvalue weighted by Gasteiger charge is -2.36. The van der Waals surface area contributed by atoms with Gasteiger partial charge in [0.15, 0.2) is 10.3 Å². The van der Waals surface area contributed by atoms with Gasteiger partial charge in [-0.05, 0) is 65.7 Å². The number of morpholine rings is 1. The molecule has 15 heteroatoms. The van der Waals surface area contributed by atoms with Crippen molar-refractivity contribution in [2.75, 3.05) is 57.4 Å². The van der Waals surface area contributed by atoms with E-state index >= 15 is 0 Å². The number of allylic oxidation sites excluding steroid dienone is 1. The van der Waals surface area contributed by atoms with Crippen LogP contribution in [0.5, 0.6) is 0 Å². The summed E-state index contributed by atoms with van der Waals surface area (Å²) in [6.07, 6.45) is 1.39. The van der Waals surface area contributed by atoms with Gasteiger partial charge in [-0.1, -0.05) is 49.7 Å². The van der Waals surface area contributed by atoms with Gasteiger partial charge in [0.1, 0.15) is 5.82 Å². The number of aromatic nitrogens is 1. The molecule has 2 saturated heterocycles. The third-order valence-corrected chi connectivity index (χ3v) is 9.85. The summed E-state index contributed by atoms with van der Waals surface area (Å²) in [6, 6.07) is 8.72. The normalized spacial score (nSPS) is 20.6. The summed E-state index contributed by atoms with van der Waals surface area (Å²) in [5.74, 6) is 0.669. The van der Waals surface area contributed by atoms with Gasteiger partial charge in [-0.15, -0.1) is 0 Å². The zero-order valence-corrected chi connectivity index (χ0v) is 28.3. The molecule has 0 unspecified atom stereocenters. The van der Waals surface area contributed by atoms with Crippen molar-refractivity contribution in [3.05, 3.63) is 74.6 Å². The summed E-state index contributed by atoms with van der Waals surface area (Å²) < 4.78 is 44.9. The zero-order chi connectivity index (χ0) is 33.6. The lowest BCUT2D eigenvalue weighted by molar-refractivity contribution is -0.137. The van der Waals surface area contributed by atoms with Crippen LogP contribution in [0.15, 0.2) is 68.5 Å². The average Bonchev–Trinajstić information content (AvgIpc) is 3.62. The van der Waals surface area contributed by atoms with Crippen molar-refractivity contribution in [2.24, 2.45) is 15.9 Å². The third kappa shape index (κ3) is 9.18. The van der Waals surface area contributed by atoms with Gasteiger partial charge in [0, 0.05) is 45.5 Å². The first kappa shape index (κ1) is 35.0. The van der Waals surface area contributed by atoms with E-state index < -0.39 is 17.6 Å². The number of thioether (sulfide) groups is 2. The standard InChI is InChI=1S/C20H16ClF3N4OS.C12H18N2O2S/c21-15-6-3-7-25-17(15)27-8-10-28(11-9-27)19-26-18(29)16(30-19)12-13-4-1-2-5-14(13)20(22,23)24;1-9(2)3-4-10-11(15)13-12(17-10)14-5-7-16-8-6-14/h1-7,12H,8-11H2;4,9H,3,5-8H2,1-2H3. The van der Waals surface area contributed by atoms with Crippen molar-refractivity contribution < 1.29 is 27.5 Å². The number of nitrogens with zero attached hydrogens (tertiary/aromatic N) is 6. The molecule has 2 aromatic rings. The van der Waals surface area contributed by atoms with Gasteiger partial charge in [0.05, 0.1) is 33.6 Å². The predicted molar refractivity (Wildman–Crippen MR) is 182 cm³/mol. The zero-order valence-electron chi connectivity index (χ0n) is 25.9. The Hall–Kier alpha value is -3.33. The van der Waals surface area contributed by atoms with Gasteiger partial charge in [-0.3, -0.25) is 9.59 Å². The molecular formula is C32H34ClF3N6O3S2. The van der Waals surface area contributed by atoms with Crippen LogP contribution in [0.25, 0.3) is 6.08 Å². The Kier molecular flexibility index (Phi) is 11.7. The number of anilines is 1. The highest BCUT2D eigenvalue weighted by Crippen LogP contribution is 2.36. The monoisotopic (exact) mass is 706 g/mol. The number of alkyl halides is 3. The SMILES string of the molecule is CC(C)CC=C1SC(N2CCOCC2)=NC1=O.O=C1N=C(N2CCN(c3ncccc3Cl)CC2)SC1=Cc1ccccc1C(F)(F)F. The molecular weight excluding hydrogens is 673 g/mol. The van der Waals surface area contributed by atoms with Crippen molar-refractivity contribution in [1.82, 2.24) is 14.8 Å². The fraction of sp³-hybridized carbons (Fsp3) is 0.406. The van der Waals surface area contributed by atoms with E-state index in [1.165, 1.54) is 36.0 Å². The lowest BCUT2D eigenvalue weighted by atomic mass is 10.1. The number of amidine groups is 2. The summed E-state index contributed by atoms with van der Waals surface area (Å²) in [6.45, 7) is 9.86. The largest absolute Gasteiger partial charge is 0.416 e. The molecule has 4 aliphatic heterocycles. The van der Waals surface area contributed by atoms with E-state index in [0.717, 1.165) is 60.6 Å². The molecule has 1 aromatic heterocycles. The number of carbonyl (C=O) groups is 2. The highest BCUT2D eigenvalue weighted by Gasteiger charge is 2.34. The Morgan fingerprint density at radius 3 is 2.11 bits per heavy atom. The van der Waals surface area contributed by atoms with E-state index in [9.17, 15) is 22.8 Å². The van der Waals surface area contributed by atoms with Crippen LogP contribution in [0.3, 0.4) is 0 Å². The molecule has 0 N–H and O–H groups in total. The van der Waals surface area contributed by atoms with Gasteiger partial charge >= 0.3 is 6.18 Å². The summed E-state index contributed by atoms with van der Waals surface area (Å²) >= 11 is 8.80. The number of hydrogen-bond acceptors (Lipinski definition) is 9. The molecule has 0 bridgehead atoms. The number of rotatable bonds is 4. The minimum Gasteiger partial charge on any atom is -0.378 e. The number of piperazine rings is 1. The molecule has 0 radical (unpaired) electrons. The first-order chi connectivity index (χ1) is 22.5. The van der Waals surface area contributed by atoms with Crippen LogP contribution in [-0.2, 0) is 20.5 Å². The molecule has 47 heavy (non-hydrogen) atoms. The second kappa shape index (κ2) is 15.7. The average molecular weight is 707 g/mol. The quantitative estimate of drug-likeness (QED) is 0.334. The summed E-state index contributed by atoms with van der Waals surface area (Å²) in [4.78, 5) is 43.6. The molecule has 9 nitrogen and oxygen atoms in total. The number of hydrogen-bond donors (Lipinski definition) is 0. The molecule has 0 aliphatic carbocycles. The van der Waals surface area contributed by atoms with Crippen LogP contribution in [0.2, 0.25) is 5.02 Å². The van der Waals surface area contributed by atoms with Crippen molar-refractivity contribution in [3.8, 4) is 0 Å². The van der Waals surface area contributed by atoms with Gasteiger partial charge in [-0.2, -0.15) is 23.2 Å². The summed E-state index contributed by atoms with van der Waals surface area (Å²) in [5, 5.41) is 1.91. The molecule has 5 heterocycles. The Morgan fingerprint density at radius 1 is 0.872 bits per heavy atom. The Morgan fingerprint density at radius 2 is 1.47 bits per heavy atom. The summed E-state index contributed by atoms with van der Waals surface area (Å²) in [5.41, 5.74) is -0.827. The summed E-state index contributed by atoms with van der Waals surface area (Å²) in [7, 11) is 0. The van der Waals surface area contributed by atoms with Crippen LogP contribution in [-0.4, -0.2) is 89.4 Å². The first-order valence-corrected chi connectivity index (χ1v) is 17.1. The highest BCUT2D eigenvalue weighted by molar-refractivity contribution is 8.18. The first-order valence-electron chi connectivity index (χ1n) is 15.1. The van der Waals surface area contributed by atoms with Crippen LogP contribution in [0.4, 0.5) is 19.0 Å². The number of amides is 2. The topological polar surface area (TPSA) is 90.7 Å². The van der Waals surface area contributed by atoms with E-state index in [4.69, 9.17) is 16.3 Å². The van der Waals surface area contributed by atoms with Crippen molar-refractivity contribution in [2.45, 2.75) is 26.4 Å². The van der Waals surface area contributed by atoms with Crippen LogP contribution in [0.1, 0.15) is 31.4 Å². The molecule has 2 amide bonds. The lowest BCUT2D eigenvalue weighted by Crippen LogP contribution is -2.48. The van der Waals surface area contributed by atoms with Crippen LogP contribution in [0, 0.1) is 5.92 Å². The highest BCUT2D eigenvalue weighted by atomic mass is 35.5. The van der Waals surface area contributed by atoms with Gasteiger partial charge in [0.2, 0.25) is 0 Å². The fourth-order valence-corrected chi connectivity index (χ4v) is 7.09. The number of halogens is 4. The number of benzene rings is 1. The molecule has 0 atom stereocenters. The minimum absolute atomic E-state index is 0.0492. The van der Waals surface area contributed by atoms with E-state index in [1.54, 1.807) is 18.3 Å². The van der Waals surface area contributed by atoms with Crippen molar-refractivity contribution in [1.29, 1.82) is 0 Å². The maximum absolute atomic E-state index is 13.2. The molecule has 0 spiro atoms. The van der Waals surface area contributed by atoms with E-state index in [1.807, 2.05) is 11.0 Å². The number of carbonyl (C=O) groups excluding carboxylic acids is 2. The van der Waals surface area contributed by atoms with Gasteiger partial charge in [0.25, 0.3) is 11.8 Å². The fourth-order valence-electron chi connectivity index (χ4n) is 4.94. The maximum atomic E-state index is 13.2. The van der Waals surface area contributed by atoms with Crippen LogP contribution >= 0.6 is 35.1 Å². The second-order valence-corrected chi connectivity index (χ2v) is 13.7. The predicted octanol–water partition coefficient (Wildman–Crippen LogP) is 6.42. The molecule has 1 aromatic carbocycles. The number of aliphatic imine (C=N–C) groups is 2. The van der Waals surface area contributed by atoms with Crippen LogP contribution < -0.4 is 4.90 Å². The smallest absolute Gasteiger partial charge is 0.378 e. The van der Waals surface area contributed by atoms with Crippen molar-refractivity contribution in [3.63, 3.8) is 0 Å². The Balaban J connectivity index is 0.000000216. The Labute approximate surface area is 285 Å². The molecule has 6 rings (SSSR count).